The van der Waals surface area contributed by atoms with Gasteiger partial charge in [-0.3, -0.25) is 4.98 Å². The minimum atomic E-state index is -4.58. The number of pyridine rings is 1. The van der Waals surface area contributed by atoms with Crippen LogP contribution in [0.2, 0.25) is 5.02 Å². The van der Waals surface area contributed by atoms with Gasteiger partial charge in [0, 0.05) is 6.20 Å². The summed E-state index contributed by atoms with van der Waals surface area (Å²) in [5.41, 5.74) is -0.322. The van der Waals surface area contributed by atoms with E-state index in [1.165, 1.54) is 12.1 Å². The molecule has 0 amide bonds. The highest BCUT2D eigenvalue weighted by Crippen LogP contribution is 2.30. The highest BCUT2D eigenvalue weighted by atomic mass is 35.5. The van der Waals surface area contributed by atoms with Crippen molar-refractivity contribution in [3.8, 4) is 0 Å². The van der Waals surface area contributed by atoms with Gasteiger partial charge in [-0.05, 0) is 25.1 Å². The third-order valence-electron chi connectivity index (χ3n) is 2.83. The molecule has 0 N–H and O–H groups in total. The van der Waals surface area contributed by atoms with E-state index in [0.717, 1.165) is 11.8 Å². The number of sulfonamides is 1. The average molecular weight is 363 g/mol. The minimum absolute atomic E-state index is 0.0395. The van der Waals surface area contributed by atoms with Crippen LogP contribution in [0.25, 0.3) is 0 Å². The molecule has 122 valence electrons. The Morgan fingerprint density at radius 2 is 1.83 bits per heavy atom. The van der Waals surface area contributed by atoms with Crippen LogP contribution in [0.1, 0.15) is 16.8 Å². The van der Waals surface area contributed by atoms with Crippen molar-refractivity contribution in [3.05, 3.63) is 58.4 Å². The van der Waals surface area contributed by atoms with Crippen molar-refractivity contribution in [1.82, 2.24) is 4.98 Å². The molecule has 0 saturated carbocycles. The van der Waals surface area contributed by atoms with Gasteiger partial charge in [-0.1, -0.05) is 29.3 Å². The monoisotopic (exact) mass is 362 g/mol. The van der Waals surface area contributed by atoms with Crippen LogP contribution in [0.15, 0.2) is 45.8 Å². The van der Waals surface area contributed by atoms with Crippen LogP contribution >= 0.6 is 11.6 Å². The highest BCUT2D eigenvalue weighted by Gasteiger charge is 2.31. The molecule has 0 saturated heterocycles. The first kappa shape index (κ1) is 17.4. The molecule has 2 aromatic rings. The fraction of sp³-hybridized carbons (Fsp3) is 0.143. The summed E-state index contributed by atoms with van der Waals surface area (Å²) < 4.78 is 64.9. The fourth-order valence-electron chi connectivity index (χ4n) is 1.59. The summed E-state index contributed by atoms with van der Waals surface area (Å²) in [5, 5.41) is -0.345. The summed E-state index contributed by atoms with van der Waals surface area (Å²) in [6.45, 7) is 1.80. The van der Waals surface area contributed by atoms with Crippen LogP contribution in [0.5, 0.6) is 0 Å². The fourth-order valence-corrected chi connectivity index (χ4v) is 2.64. The minimum Gasteiger partial charge on any atom is -0.253 e. The zero-order valence-electron chi connectivity index (χ0n) is 11.7. The van der Waals surface area contributed by atoms with Gasteiger partial charge in [-0.2, -0.15) is 26.0 Å². The number of hydrogen-bond donors (Lipinski definition) is 0. The molecule has 0 aliphatic carbocycles. The second-order valence-corrected chi connectivity index (χ2v) is 6.65. The Bertz CT molecular complexity index is 847. The van der Waals surface area contributed by atoms with Crippen molar-refractivity contribution in [2.75, 3.05) is 0 Å². The maximum absolute atomic E-state index is 12.5. The van der Waals surface area contributed by atoms with Gasteiger partial charge in [-0.25, -0.2) is 0 Å². The molecule has 9 heteroatoms. The SMILES string of the molecule is Cc1ccc(S(=O)(=O)N=Cc2ncc(C(F)(F)F)cc2Cl)cc1. The first-order valence-corrected chi connectivity index (χ1v) is 8.01. The van der Waals surface area contributed by atoms with Crippen LogP contribution in [0.4, 0.5) is 13.2 Å². The topological polar surface area (TPSA) is 59.4 Å². The van der Waals surface area contributed by atoms with E-state index in [2.05, 4.69) is 9.38 Å². The lowest BCUT2D eigenvalue weighted by molar-refractivity contribution is -0.137. The second kappa shape index (κ2) is 6.29. The molecule has 0 radical (unpaired) electrons. The summed E-state index contributed by atoms with van der Waals surface area (Å²) in [6, 6.07) is 6.62. The number of halogens is 4. The van der Waals surface area contributed by atoms with Gasteiger partial charge < -0.3 is 0 Å². The first-order valence-electron chi connectivity index (χ1n) is 6.19. The first-order chi connectivity index (χ1) is 10.6. The Morgan fingerprint density at radius 1 is 1.22 bits per heavy atom. The number of alkyl halides is 3. The maximum atomic E-state index is 12.5. The zero-order chi connectivity index (χ0) is 17.3. The van der Waals surface area contributed by atoms with Gasteiger partial charge >= 0.3 is 6.18 Å². The van der Waals surface area contributed by atoms with Crippen LogP contribution in [-0.4, -0.2) is 19.6 Å². The predicted molar refractivity (Wildman–Crippen MR) is 80.2 cm³/mol. The van der Waals surface area contributed by atoms with Crippen LogP contribution in [-0.2, 0) is 16.2 Å². The van der Waals surface area contributed by atoms with E-state index in [4.69, 9.17) is 11.6 Å². The predicted octanol–water partition coefficient (Wildman–Crippen LogP) is 3.87. The van der Waals surface area contributed by atoms with E-state index in [9.17, 15) is 21.6 Å². The molecule has 0 unspecified atom stereocenters. The number of nitrogens with zero attached hydrogens (tertiary/aromatic N) is 2. The summed E-state index contributed by atoms with van der Waals surface area (Å²) in [7, 11) is -3.98. The van der Waals surface area contributed by atoms with Crippen molar-refractivity contribution in [2.24, 2.45) is 4.40 Å². The quantitative estimate of drug-likeness (QED) is 0.779. The average Bonchev–Trinajstić information content (AvgIpc) is 2.45. The van der Waals surface area contributed by atoms with Crippen molar-refractivity contribution >= 4 is 27.8 Å². The Kier molecular flexibility index (Phi) is 4.76. The molecule has 0 spiro atoms. The molecule has 2 rings (SSSR count). The molecule has 4 nitrogen and oxygen atoms in total. The molecule has 1 heterocycles. The molecule has 0 aliphatic rings. The molecule has 23 heavy (non-hydrogen) atoms. The van der Waals surface area contributed by atoms with E-state index < -0.39 is 21.8 Å². The Balaban J connectivity index is 2.31. The van der Waals surface area contributed by atoms with Crippen molar-refractivity contribution in [1.29, 1.82) is 0 Å². The lowest BCUT2D eigenvalue weighted by Gasteiger charge is -2.07. The number of hydrogen-bond acceptors (Lipinski definition) is 3. The number of aryl methyl sites for hydroxylation is 1. The van der Waals surface area contributed by atoms with Crippen LogP contribution in [0.3, 0.4) is 0 Å². The summed E-state index contributed by atoms with van der Waals surface area (Å²) >= 11 is 5.68. The lowest BCUT2D eigenvalue weighted by atomic mass is 10.2. The molecule has 1 aromatic heterocycles. The normalized spacial score (nSPS) is 12.7. The lowest BCUT2D eigenvalue weighted by Crippen LogP contribution is -2.07. The standard InChI is InChI=1S/C14H10ClF3N2O2S/c1-9-2-4-11(5-3-9)23(21,22)20-8-13-12(15)6-10(7-19-13)14(16,17)18/h2-8H,1H3. The Labute approximate surface area is 135 Å². The van der Waals surface area contributed by atoms with E-state index in [0.29, 0.717) is 12.3 Å². The van der Waals surface area contributed by atoms with Crippen molar-refractivity contribution < 1.29 is 21.6 Å². The number of rotatable bonds is 3. The van der Waals surface area contributed by atoms with Gasteiger partial charge in [0.1, 0.15) is 5.69 Å². The van der Waals surface area contributed by atoms with Gasteiger partial charge in [0.2, 0.25) is 0 Å². The number of benzene rings is 1. The molecule has 1 aromatic carbocycles. The largest absolute Gasteiger partial charge is 0.417 e. The molecule has 0 atom stereocenters. The van der Waals surface area contributed by atoms with E-state index >= 15 is 0 Å². The Hall–Kier alpha value is -1.93. The van der Waals surface area contributed by atoms with Crippen LogP contribution in [0, 0.1) is 6.92 Å². The summed E-state index contributed by atoms with van der Waals surface area (Å²) in [6.07, 6.45) is -3.20. The van der Waals surface area contributed by atoms with Crippen molar-refractivity contribution in [3.63, 3.8) is 0 Å². The third-order valence-corrected chi connectivity index (χ3v) is 4.38. The second-order valence-electron chi connectivity index (χ2n) is 4.61. The van der Waals surface area contributed by atoms with E-state index in [1.54, 1.807) is 19.1 Å². The summed E-state index contributed by atoms with van der Waals surface area (Å²) in [4.78, 5) is 3.45. The van der Waals surface area contributed by atoms with E-state index in [-0.39, 0.29) is 15.6 Å². The molecule has 0 fully saturated rings. The van der Waals surface area contributed by atoms with Gasteiger partial charge in [0.25, 0.3) is 10.0 Å². The third kappa shape index (κ3) is 4.29. The molecule has 0 aliphatic heterocycles. The van der Waals surface area contributed by atoms with Gasteiger partial charge in [0.05, 0.1) is 21.7 Å². The van der Waals surface area contributed by atoms with E-state index in [1.807, 2.05) is 0 Å². The maximum Gasteiger partial charge on any atom is 0.417 e. The van der Waals surface area contributed by atoms with Gasteiger partial charge in [-0.15, -0.1) is 0 Å². The van der Waals surface area contributed by atoms with Crippen molar-refractivity contribution in [2.45, 2.75) is 18.0 Å². The molecular formula is C14H10ClF3N2O2S. The number of aromatic nitrogens is 1. The Morgan fingerprint density at radius 3 is 2.35 bits per heavy atom. The zero-order valence-corrected chi connectivity index (χ0v) is 13.2. The summed E-state index contributed by atoms with van der Waals surface area (Å²) in [5.74, 6) is 0. The molecular weight excluding hydrogens is 353 g/mol. The molecule has 0 bridgehead atoms. The highest BCUT2D eigenvalue weighted by molar-refractivity contribution is 7.90. The smallest absolute Gasteiger partial charge is 0.253 e. The van der Waals surface area contributed by atoms with Crippen LogP contribution < -0.4 is 0 Å². The van der Waals surface area contributed by atoms with Gasteiger partial charge in [0.15, 0.2) is 0 Å².